The number of nitrogens with zero attached hydrogens (tertiary/aromatic N) is 3. The lowest BCUT2D eigenvalue weighted by Gasteiger charge is -2.16. The molecule has 7 nitrogen and oxygen atoms in total. The van der Waals surface area contributed by atoms with E-state index in [0.29, 0.717) is 24.5 Å². The van der Waals surface area contributed by atoms with Gasteiger partial charge in [0.25, 0.3) is 5.91 Å². The topological polar surface area (TPSA) is 92.3 Å². The standard InChI is InChI=1S/C16H17ClN4O3S/c1-11-15(6-7-18-20-11)19-16(22)13-10-12(4-5-14(13)17)25(23,24)21-8-2-3-9-21/h4-7,10H,2-3,8-9H2,1H3,(H,18,19,22). The average molecular weight is 381 g/mol. The molecule has 0 atom stereocenters. The van der Waals surface area contributed by atoms with Crippen molar-refractivity contribution >= 4 is 33.2 Å². The van der Waals surface area contributed by atoms with Crippen LogP contribution in [-0.4, -0.2) is 41.9 Å². The maximum atomic E-state index is 12.7. The van der Waals surface area contributed by atoms with Crippen molar-refractivity contribution in [1.82, 2.24) is 14.5 Å². The molecular formula is C16H17ClN4O3S. The van der Waals surface area contributed by atoms with E-state index < -0.39 is 15.9 Å². The van der Waals surface area contributed by atoms with Crippen LogP contribution in [0.5, 0.6) is 0 Å². The molecule has 1 amide bonds. The van der Waals surface area contributed by atoms with Crippen molar-refractivity contribution in [2.75, 3.05) is 18.4 Å². The number of aromatic nitrogens is 2. The van der Waals surface area contributed by atoms with Gasteiger partial charge in [0.15, 0.2) is 0 Å². The number of amides is 1. The molecule has 1 aliphatic heterocycles. The predicted molar refractivity (Wildman–Crippen MR) is 94.2 cm³/mol. The van der Waals surface area contributed by atoms with E-state index in [9.17, 15) is 13.2 Å². The molecule has 0 unspecified atom stereocenters. The van der Waals surface area contributed by atoms with Crippen LogP contribution in [0.4, 0.5) is 5.69 Å². The van der Waals surface area contributed by atoms with Gasteiger partial charge in [0.1, 0.15) is 0 Å². The van der Waals surface area contributed by atoms with E-state index >= 15 is 0 Å². The molecule has 25 heavy (non-hydrogen) atoms. The summed E-state index contributed by atoms with van der Waals surface area (Å²) in [6.45, 7) is 2.70. The minimum absolute atomic E-state index is 0.0634. The summed E-state index contributed by atoms with van der Waals surface area (Å²) in [6.07, 6.45) is 3.14. The lowest BCUT2D eigenvalue weighted by atomic mass is 10.2. The Bertz CT molecular complexity index is 911. The minimum atomic E-state index is -3.62. The van der Waals surface area contributed by atoms with Gasteiger partial charge in [-0.25, -0.2) is 8.42 Å². The van der Waals surface area contributed by atoms with Crippen LogP contribution in [0.2, 0.25) is 5.02 Å². The maximum Gasteiger partial charge on any atom is 0.257 e. The van der Waals surface area contributed by atoms with Crippen LogP contribution in [0.25, 0.3) is 0 Å². The Balaban J connectivity index is 1.91. The third-order valence-electron chi connectivity index (χ3n) is 4.04. The number of hydrogen-bond acceptors (Lipinski definition) is 5. The van der Waals surface area contributed by atoms with Crippen LogP contribution >= 0.6 is 11.6 Å². The first kappa shape index (κ1) is 17.8. The zero-order chi connectivity index (χ0) is 18.0. The van der Waals surface area contributed by atoms with Gasteiger partial charge in [-0.1, -0.05) is 11.6 Å². The molecular weight excluding hydrogens is 364 g/mol. The van der Waals surface area contributed by atoms with Crippen LogP contribution in [0.15, 0.2) is 35.4 Å². The summed E-state index contributed by atoms with van der Waals surface area (Å²) < 4.78 is 26.8. The first-order valence-electron chi connectivity index (χ1n) is 7.79. The normalized spacial score (nSPS) is 15.3. The third kappa shape index (κ3) is 3.65. The Morgan fingerprint density at radius 3 is 2.64 bits per heavy atom. The summed E-state index contributed by atoms with van der Waals surface area (Å²) in [5.74, 6) is -0.500. The summed E-state index contributed by atoms with van der Waals surface area (Å²) in [7, 11) is -3.62. The van der Waals surface area contributed by atoms with E-state index in [2.05, 4.69) is 15.5 Å². The molecule has 0 saturated carbocycles. The summed E-state index contributed by atoms with van der Waals surface area (Å²) >= 11 is 6.11. The quantitative estimate of drug-likeness (QED) is 0.879. The first-order valence-corrected chi connectivity index (χ1v) is 9.61. The number of nitrogens with one attached hydrogen (secondary N) is 1. The highest BCUT2D eigenvalue weighted by Gasteiger charge is 2.28. The fourth-order valence-electron chi connectivity index (χ4n) is 2.64. The summed E-state index contributed by atoms with van der Waals surface area (Å²) in [5, 5.41) is 10.4. The number of anilines is 1. The summed E-state index contributed by atoms with van der Waals surface area (Å²) in [6, 6.07) is 5.78. The highest BCUT2D eigenvalue weighted by molar-refractivity contribution is 7.89. The molecule has 2 aromatic rings. The van der Waals surface area contributed by atoms with Gasteiger partial charge in [0, 0.05) is 13.1 Å². The molecule has 132 valence electrons. The van der Waals surface area contributed by atoms with Crippen molar-refractivity contribution in [3.63, 3.8) is 0 Å². The molecule has 1 aromatic carbocycles. The molecule has 1 aromatic heterocycles. The van der Waals surface area contributed by atoms with Crippen molar-refractivity contribution in [2.45, 2.75) is 24.7 Å². The highest BCUT2D eigenvalue weighted by atomic mass is 35.5. The predicted octanol–water partition coefficient (Wildman–Crippen LogP) is 2.48. The second-order valence-corrected chi connectivity index (χ2v) is 8.08. The molecule has 0 bridgehead atoms. The summed E-state index contributed by atoms with van der Waals surface area (Å²) in [4.78, 5) is 12.6. The molecule has 0 spiro atoms. The second-order valence-electron chi connectivity index (χ2n) is 5.74. The van der Waals surface area contributed by atoms with Gasteiger partial charge in [-0.15, -0.1) is 0 Å². The SMILES string of the molecule is Cc1nnccc1NC(=O)c1cc(S(=O)(=O)N2CCCC2)ccc1Cl. The second kappa shape index (κ2) is 7.07. The maximum absolute atomic E-state index is 12.7. The van der Waals surface area contributed by atoms with E-state index in [0.717, 1.165) is 12.8 Å². The number of rotatable bonds is 4. The Morgan fingerprint density at radius 1 is 1.24 bits per heavy atom. The van der Waals surface area contributed by atoms with E-state index in [1.54, 1.807) is 13.0 Å². The highest BCUT2D eigenvalue weighted by Crippen LogP contribution is 2.26. The molecule has 0 aliphatic carbocycles. The number of aryl methyl sites for hydroxylation is 1. The fraction of sp³-hybridized carbons (Fsp3) is 0.312. The van der Waals surface area contributed by atoms with Crippen LogP contribution in [-0.2, 0) is 10.0 Å². The van der Waals surface area contributed by atoms with E-state index in [-0.39, 0.29) is 15.5 Å². The number of sulfonamides is 1. The van der Waals surface area contributed by atoms with Gasteiger partial charge in [0.2, 0.25) is 10.0 Å². The zero-order valence-electron chi connectivity index (χ0n) is 13.6. The molecule has 3 rings (SSSR count). The van der Waals surface area contributed by atoms with E-state index in [4.69, 9.17) is 11.6 Å². The summed E-state index contributed by atoms with van der Waals surface area (Å²) in [5.41, 5.74) is 1.13. The number of benzene rings is 1. The molecule has 1 fully saturated rings. The van der Waals surface area contributed by atoms with Gasteiger partial charge in [0.05, 0.1) is 33.1 Å². The molecule has 1 aliphatic rings. The Hall–Kier alpha value is -2.03. The van der Waals surface area contributed by atoms with Crippen LogP contribution < -0.4 is 5.32 Å². The van der Waals surface area contributed by atoms with Gasteiger partial charge in [-0.05, 0) is 44.0 Å². The van der Waals surface area contributed by atoms with Gasteiger partial charge >= 0.3 is 0 Å². The number of halogens is 1. The number of carbonyl (C=O) groups excluding carboxylic acids is 1. The van der Waals surface area contributed by atoms with Crippen LogP contribution in [0.3, 0.4) is 0 Å². The van der Waals surface area contributed by atoms with E-state index in [1.807, 2.05) is 0 Å². The van der Waals surface area contributed by atoms with Gasteiger partial charge in [-0.3, -0.25) is 4.79 Å². The molecule has 1 saturated heterocycles. The minimum Gasteiger partial charge on any atom is -0.320 e. The molecule has 2 heterocycles. The van der Waals surface area contributed by atoms with Crippen LogP contribution in [0, 0.1) is 6.92 Å². The monoisotopic (exact) mass is 380 g/mol. The molecule has 1 N–H and O–H groups in total. The van der Waals surface area contributed by atoms with Crippen molar-refractivity contribution in [1.29, 1.82) is 0 Å². The first-order chi connectivity index (χ1) is 11.9. The van der Waals surface area contributed by atoms with Crippen molar-refractivity contribution < 1.29 is 13.2 Å². The van der Waals surface area contributed by atoms with Gasteiger partial charge < -0.3 is 5.32 Å². The average Bonchev–Trinajstić information content (AvgIpc) is 3.12. The lowest BCUT2D eigenvalue weighted by Crippen LogP contribution is -2.28. The van der Waals surface area contributed by atoms with Crippen molar-refractivity contribution in [3.05, 3.63) is 46.7 Å². The van der Waals surface area contributed by atoms with Crippen LogP contribution in [0.1, 0.15) is 28.9 Å². The van der Waals surface area contributed by atoms with E-state index in [1.165, 1.54) is 28.7 Å². The molecule has 0 radical (unpaired) electrons. The lowest BCUT2D eigenvalue weighted by molar-refractivity contribution is 0.102. The zero-order valence-corrected chi connectivity index (χ0v) is 15.1. The fourth-order valence-corrected chi connectivity index (χ4v) is 4.39. The number of hydrogen-bond donors (Lipinski definition) is 1. The van der Waals surface area contributed by atoms with Gasteiger partial charge in [-0.2, -0.15) is 14.5 Å². The largest absolute Gasteiger partial charge is 0.320 e. The number of carbonyl (C=O) groups is 1. The Morgan fingerprint density at radius 2 is 1.96 bits per heavy atom. The van der Waals surface area contributed by atoms with Crippen molar-refractivity contribution in [2.24, 2.45) is 0 Å². The van der Waals surface area contributed by atoms with Crippen molar-refractivity contribution in [3.8, 4) is 0 Å². The Kier molecular flexibility index (Phi) is 5.03. The smallest absolute Gasteiger partial charge is 0.257 e. The third-order valence-corrected chi connectivity index (χ3v) is 6.26. The molecule has 9 heteroatoms. The Labute approximate surface area is 151 Å².